The Hall–Kier alpha value is -4.81. The van der Waals surface area contributed by atoms with Crippen LogP contribution in [0.15, 0.2) is 65.5 Å². The molecule has 3 aromatic heterocycles. The molecule has 4 heterocycles. The van der Waals surface area contributed by atoms with Gasteiger partial charge in [-0.3, -0.25) is 19.6 Å². The number of nitrogens with zero attached hydrogens (tertiary/aromatic N) is 7. The number of rotatable bonds is 9. The van der Waals surface area contributed by atoms with Gasteiger partial charge in [-0.05, 0) is 55.3 Å². The minimum absolute atomic E-state index is 0.0269. The SMILES string of the molecule is CN(c1ccc(F)cc1N(C=O)Cc1ccc(-c2nnc(C(F)F)o2)cn1)C1CCN(C(=O)c2ccncc2)CC1. The van der Waals surface area contributed by atoms with Gasteiger partial charge >= 0.3 is 6.43 Å². The predicted molar refractivity (Wildman–Crippen MR) is 143 cm³/mol. The van der Waals surface area contributed by atoms with Crippen LogP contribution in [0.1, 0.15) is 41.2 Å². The number of anilines is 2. The largest absolute Gasteiger partial charge is 0.415 e. The summed E-state index contributed by atoms with van der Waals surface area (Å²) in [6, 6.07) is 10.9. The van der Waals surface area contributed by atoms with E-state index in [0.717, 1.165) is 0 Å². The maximum atomic E-state index is 14.4. The zero-order valence-electron chi connectivity index (χ0n) is 22.0. The number of pyridine rings is 2. The first-order valence-corrected chi connectivity index (χ1v) is 12.8. The second-order valence-corrected chi connectivity index (χ2v) is 9.52. The molecule has 0 radical (unpaired) electrons. The lowest BCUT2D eigenvalue weighted by Crippen LogP contribution is -2.46. The van der Waals surface area contributed by atoms with Crippen molar-refractivity contribution in [2.75, 3.05) is 29.9 Å². The molecule has 0 saturated carbocycles. The van der Waals surface area contributed by atoms with E-state index < -0.39 is 18.1 Å². The van der Waals surface area contributed by atoms with Crippen LogP contribution in [-0.2, 0) is 11.3 Å². The molecule has 1 aromatic carbocycles. The van der Waals surface area contributed by atoms with Crippen LogP contribution in [0.25, 0.3) is 11.5 Å². The topological polar surface area (TPSA) is 109 Å². The van der Waals surface area contributed by atoms with E-state index in [1.165, 1.54) is 23.2 Å². The standard InChI is InChI=1S/C28H26F3N7O3/c1-36(22-8-12-37(13-9-22)28(40)18-6-10-32-11-7-18)23-5-3-20(29)14-24(23)38(17-39)16-21-4-2-19(15-33-21)26-34-35-27(41-26)25(30)31/h2-7,10-11,14-15,17,22,25H,8-9,12-13,16H2,1H3. The maximum Gasteiger partial charge on any atom is 0.314 e. The van der Waals surface area contributed by atoms with Gasteiger partial charge in [-0.25, -0.2) is 4.39 Å². The summed E-state index contributed by atoms with van der Waals surface area (Å²) in [5, 5.41) is 6.91. The second-order valence-electron chi connectivity index (χ2n) is 9.52. The Kier molecular flexibility index (Phi) is 8.22. The zero-order chi connectivity index (χ0) is 28.9. The highest BCUT2D eigenvalue weighted by Gasteiger charge is 2.28. The molecule has 1 aliphatic heterocycles. The summed E-state index contributed by atoms with van der Waals surface area (Å²) < 4.78 is 44.8. The minimum atomic E-state index is -2.88. The molecule has 10 nitrogen and oxygen atoms in total. The van der Waals surface area contributed by atoms with Gasteiger partial charge in [0.1, 0.15) is 5.82 Å². The van der Waals surface area contributed by atoms with Crippen LogP contribution in [0.5, 0.6) is 0 Å². The monoisotopic (exact) mass is 565 g/mol. The number of hydrogen-bond acceptors (Lipinski definition) is 8. The van der Waals surface area contributed by atoms with Crippen molar-refractivity contribution >= 4 is 23.7 Å². The molecule has 1 saturated heterocycles. The quantitative estimate of drug-likeness (QED) is 0.273. The fourth-order valence-corrected chi connectivity index (χ4v) is 4.79. The summed E-state index contributed by atoms with van der Waals surface area (Å²) in [4.78, 5) is 38.4. The molecule has 212 valence electrons. The van der Waals surface area contributed by atoms with Gasteiger partial charge in [0.15, 0.2) is 0 Å². The molecule has 0 unspecified atom stereocenters. The molecule has 0 bridgehead atoms. The minimum Gasteiger partial charge on any atom is -0.415 e. The summed E-state index contributed by atoms with van der Waals surface area (Å²) in [5.41, 5.74) is 2.41. The normalized spacial score (nSPS) is 13.8. The number of halogens is 3. The lowest BCUT2D eigenvalue weighted by atomic mass is 10.0. The summed E-state index contributed by atoms with van der Waals surface area (Å²) in [7, 11) is 1.88. The molecule has 41 heavy (non-hydrogen) atoms. The highest BCUT2D eigenvalue weighted by Crippen LogP contribution is 2.33. The van der Waals surface area contributed by atoms with Crippen molar-refractivity contribution < 1.29 is 27.2 Å². The number of likely N-dealkylation sites (tertiary alicyclic amines) is 1. The van der Waals surface area contributed by atoms with E-state index in [-0.39, 0.29) is 24.4 Å². The van der Waals surface area contributed by atoms with Crippen LogP contribution >= 0.6 is 0 Å². The number of piperidine rings is 1. The van der Waals surface area contributed by atoms with E-state index in [1.807, 2.05) is 11.9 Å². The summed E-state index contributed by atoms with van der Waals surface area (Å²) in [5.74, 6) is -1.44. The number of carbonyl (C=O) groups is 2. The molecule has 0 N–H and O–H groups in total. The third-order valence-corrected chi connectivity index (χ3v) is 7.01. The van der Waals surface area contributed by atoms with E-state index in [9.17, 15) is 22.8 Å². The molecular formula is C28H26F3N7O3. The van der Waals surface area contributed by atoms with Crippen molar-refractivity contribution in [3.05, 3.63) is 84.0 Å². The molecule has 4 aromatic rings. The summed E-state index contributed by atoms with van der Waals surface area (Å²) in [6.07, 6.45) is 3.65. The van der Waals surface area contributed by atoms with Crippen molar-refractivity contribution in [2.24, 2.45) is 0 Å². The highest BCUT2D eigenvalue weighted by atomic mass is 19.3. The second kappa shape index (κ2) is 12.1. The average Bonchev–Trinajstić information content (AvgIpc) is 3.51. The fraction of sp³-hybridized carbons (Fsp3) is 0.286. The Labute approximate surface area is 233 Å². The van der Waals surface area contributed by atoms with E-state index in [0.29, 0.717) is 60.5 Å². The first-order valence-electron chi connectivity index (χ1n) is 12.8. The van der Waals surface area contributed by atoms with Crippen LogP contribution in [-0.4, -0.2) is 63.6 Å². The molecule has 5 rings (SSSR count). The van der Waals surface area contributed by atoms with E-state index >= 15 is 0 Å². The molecule has 0 atom stereocenters. The number of aromatic nitrogens is 4. The van der Waals surface area contributed by atoms with Crippen molar-refractivity contribution in [3.8, 4) is 11.5 Å². The highest BCUT2D eigenvalue weighted by molar-refractivity contribution is 5.94. The maximum absolute atomic E-state index is 14.4. The molecule has 2 amide bonds. The Morgan fingerprint density at radius 3 is 2.49 bits per heavy atom. The van der Waals surface area contributed by atoms with Crippen molar-refractivity contribution in [1.82, 2.24) is 25.1 Å². The smallest absolute Gasteiger partial charge is 0.314 e. The molecular weight excluding hydrogens is 539 g/mol. The molecule has 1 fully saturated rings. The van der Waals surface area contributed by atoms with E-state index in [2.05, 4.69) is 20.2 Å². The Bertz CT molecular complexity index is 1490. The molecule has 13 heteroatoms. The van der Waals surface area contributed by atoms with Crippen LogP contribution in [0.4, 0.5) is 24.5 Å². The van der Waals surface area contributed by atoms with Crippen LogP contribution in [0.2, 0.25) is 0 Å². The van der Waals surface area contributed by atoms with E-state index in [4.69, 9.17) is 4.42 Å². The first-order chi connectivity index (χ1) is 19.8. The van der Waals surface area contributed by atoms with E-state index in [1.54, 1.807) is 47.6 Å². The van der Waals surface area contributed by atoms with Crippen LogP contribution in [0, 0.1) is 5.82 Å². The Balaban J connectivity index is 1.29. The van der Waals surface area contributed by atoms with Gasteiger partial charge in [-0.1, -0.05) is 0 Å². The van der Waals surface area contributed by atoms with Gasteiger partial charge in [-0.2, -0.15) is 8.78 Å². The zero-order valence-corrected chi connectivity index (χ0v) is 22.0. The summed E-state index contributed by atoms with van der Waals surface area (Å²) in [6.45, 7) is 1.14. The number of carbonyl (C=O) groups excluding carboxylic acids is 2. The van der Waals surface area contributed by atoms with Crippen molar-refractivity contribution in [1.29, 1.82) is 0 Å². The van der Waals surface area contributed by atoms with Crippen LogP contribution in [0.3, 0.4) is 0 Å². The van der Waals surface area contributed by atoms with Gasteiger partial charge in [0.2, 0.25) is 12.3 Å². The first kappa shape index (κ1) is 27.7. The Morgan fingerprint density at radius 2 is 1.85 bits per heavy atom. The Morgan fingerprint density at radius 1 is 1.10 bits per heavy atom. The lowest BCUT2D eigenvalue weighted by molar-refractivity contribution is -0.107. The van der Waals surface area contributed by atoms with Crippen molar-refractivity contribution in [3.63, 3.8) is 0 Å². The predicted octanol–water partition coefficient (Wildman–Crippen LogP) is 4.51. The molecule has 0 spiro atoms. The number of alkyl halides is 2. The van der Waals surface area contributed by atoms with Gasteiger partial charge in [0, 0.05) is 50.3 Å². The van der Waals surface area contributed by atoms with Gasteiger partial charge in [0.25, 0.3) is 11.8 Å². The number of amides is 2. The number of hydrogen-bond donors (Lipinski definition) is 0. The fourth-order valence-electron chi connectivity index (χ4n) is 4.79. The summed E-state index contributed by atoms with van der Waals surface area (Å²) >= 11 is 0. The van der Waals surface area contributed by atoms with Crippen LogP contribution < -0.4 is 9.80 Å². The molecule has 0 aliphatic carbocycles. The third-order valence-electron chi connectivity index (χ3n) is 7.01. The van der Waals surface area contributed by atoms with Gasteiger partial charge < -0.3 is 19.1 Å². The number of benzene rings is 1. The van der Waals surface area contributed by atoms with Crippen molar-refractivity contribution in [2.45, 2.75) is 31.9 Å². The van der Waals surface area contributed by atoms with Gasteiger partial charge in [0.05, 0.1) is 29.2 Å². The van der Waals surface area contributed by atoms with Gasteiger partial charge in [-0.15, -0.1) is 10.2 Å². The lowest BCUT2D eigenvalue weighted by Gasteiger charge is -2.39. The average molecular weight is 566 g/mol. The molecule has 1 aliphatic rings. The third kappa shape index (κ3) is 6.18.